The van der Waals surface area contributed by atoms with E-state index in [9.17, 15) is 9.59 Å². The number of ether oxygens (including phenoxy) is 1. The van der Waals surface area contributed by atoms with Crippen molar-refractivity contribution < 1.29 is 18.7 Å². The van der Waals surface area contributed by atoms with Crippen LogP contribution in [0.25, 0.3) is 0 Å². The van der Waals surface area contributed by atoms with Gasteiger partial charge >= 0.3 is 0 Å². The van der Waals surface area contributed by atoms with Gasteiger partial charge in [0.15, 0.2) is 5.76 Å². The normalized spacial score (nSPS) is 37.8. The van der Waals surface area contributed by atoms with Gasteiger partial charge in [-0.25, -0.2) is 0 Å². The molecule has 1 aromatic rings. The summed E-state index contributed by atoms with van der Waals surface area (Å²) in [6.07, 6.45) is 3.48. The van der Waals surface area contributed by atoms with Crippen LogP contribution in [-0.4, -0.2) is 60.0 Å². The summed E-state index contributed by atoms with van der Waals surface area (Å²) in [5.41, 5.74) is 0. The van der Waals surface area contributed by atoms with Crippen molar-refractivity contribution in [2.24, 2.45) is 17.8 Å². The summed E-state index contributed by atoms with van der Waals surface area (Å²) in [6.45, 7) is 2.81. The Kier molecular flexibility index (Phi) is 2.86. The molecule has 4 heterocycles. The van der Waals surface area contributed by atoms with Gasteiger partial charge in [0.2, 0.25) is 5.91 Å². The van der Waals surface area contributed by atoms with Crippen LogP contribution >= 0.6 is 0 Å². The number of piperazine rings is 1. The number of hydrogen-bond donors (Lipinski definition) is 0. The molecule has 4 aliphatic rings. The van der Waals surface area contributed by atoms with Crippen molar-refractivity contribution in [3.05, 3.63) is 24.2 Å². The van der Waals surface area contributed by atoms with Gasteiger partial charge in [-0.2, -0.15) is 0 Å². The van der Waals surface area contributed by atoms with E-state index in [1.807, 2.05) is 9.80 Å². The molecule has 5 atom stereocenters. The third-order valence-electron chi connectivity index (χ3n) is 6.00. The molecule has 4 fully saturated rings. The molecule has 3 aliphatic heterocycles. The third-order valence-corrected chi connectivity index (χ3v) is 6.00. The van der Waals surface area contributed by atoms with Crippen LogP contribution in [0.4, 0.5) is 0 Å². The Balaban J connectivity index is 1.30. The van der Waals surface area contributed by atoms with Gasteiger partial charge in [-0.15, -0.1) is 0 Å². The van der Waals surface area contributed by atoms with Gasteiger partial charge in [0, 0.05) is 19.0 Å². The van der Waals surface area contributed by atoms with Crippen molar-refractivity contribution in [3.63, 3.8) is 0 Å². The second-order valence-electron chi connectivity index (χ2n) is 7.21. The Labute approximate surface area is 134 Å². The van der Waals surface area contributed by atoms with Gasteiger partial charge in [0.25, 0.3) is 5.91 Å². The second-order valence-corrected chi connectivity index (χ2v) is 7.21. The maximum atomic E-state index is 12.7. The second kappa shape index (κ2) is 4.84. The lowest BCUT2D eigenvalue weighted by atomic mass is 10.1. The minimum atomic E-state index is -0.0358. The Morgan fingerprint density at radius 2 is 1.78 bits per heavy atom. The summed E-state index contributed by atoms with van der Waals surface area (Å²) in [4.78, 5) is 29.3. The zero-order chi connectivity index (χ0) is 15.6. The summed E-state index contributed by atoms with van der Waals surface area (Å²) < 4.78 is 10.6. The number of carbonyl (C=O) groups excluding carboxylic acids is 2. The highest BCUT2D eigenvalue weighted by molar-refractivity contribution is 5.92. The zero-order valence-electron chi connectivity index (χ0n) is 12.9. The predicted molar refractivity (Wildman–Crippen MR) is 79.6 cm³/mol. The van der Waals surface area contributed by atoms with E-state index in [1.54, 1.807) is 12.1 Å². The molecule has 6 heteroatoms. The fourth-order valence-corrected chi connectivity index (χ4v) is 4.76. The van der Waals surface area contributed by atoms with Crippen LogP contribution < -0.4 is 0 Å². The van der Waals surface area contributed by atoms with Gasteiger partial charge in [-0.1, -0.05) is 0 Å². The van der Waals surface area contributed by atoms with E-state index < -0.39 is 0 Å². The summed E-state index contributed by atoms with van der Waals surface area (Å²) in [6, 6.07) is 3.71. The molecule has 1 aromatic heterocycles. The molecule has 2 amide bonds. The number of carbonyl (C=O) groups is 2. The molecule has 6 nitrogen and oxygen atoms in total. The fraction of sp³-hybridized carbons (Fsp3) is 0.647. The van der Waals surface area contributed by atoms with E-state index in [0.717, 1.165) is 26.1 Å². The molecule has 23 heavy (non-hydrogen) atoms. The lowest BCUT2D eigenvalue weighted by Gasteiger charge is -2.41. The molecule has 122 valence electrons. The quantitative estimate of drug-likeness (QED) is 0.816. The van der Waals surface area contributed by atoms with Gasteiger partial charge < -0.3 is 19.0 Å². The van der Waals surface area contributed by atoms with E-state index in [1.165, 1.54) is 6.26 Å². The van der Waals surface area contributed by atoms with Crippen LogP contribution in [0.5, 0.6) is 0 Å². The van der Waals surface area contributed by atoms with Crippen LogP contribution in [-0.2, 0) is 9.53 Å². The monoisotopic (exact) mass is 316 g/mol. The summed E-state index contributed by atoms with van der Waals surface area (Å²) in [5, 5.41) is 0. The molecule has 1 saturated carbocycles. The van der Waals surface area contributed by atoms with Crippen molar-refractivity contribution >= 4 is 11.8 Å². The number of nitrogens with zero attached hydrogens (tertiary/aromatic N) is 2. The lowest BCUT2D eigenvalue weighted by Crippen LogP contribution is -2.57. The van der Waals surface area contributed by atoms with Crippen molar-refractivity contribution in [1.29, 1.82) is 0 Å². The van der Waals surface area contributed by atoms with Gasteiger partial charge in [-0.3, -0.25) is 9.59 Å². The molecule has 5 rings (SSSR count). The lowest BCUT2D eigenvalue weighted by molar-refractivity contribution is -0.137. The van der Waals surface area contributed by atoms with Crippen molar-refractivity contribution in [2.45, 2.75) is 24.9 Å². The smallest absolute Gasteiger partial charge is 0.290 e. The zero-order valence-corrected chi connectivity index (χ0v) is 12.9. The number of fused-ring (bicyclic) bond motifs is 3. The van der Waals surface area contributed by atoms with Crippen LogP contribution in [0.2, 0.25) is 0 Å². The van der Waals surface area contributed by atoms with E-state index in [4.69, 9.17) is 9.15 Å². The van der Waals surface area contributed by atoms with Gasteiger partial charge in [-0.05, 0) is 36.8 Å². The minimum absolute atomic E-state index is 0.0358. The van der Waals surface area contributed by atoms with Crippen molar-refractivity contribution in [3.8, 4) is 0 Å². The molecule has 0 N–H and O–H groups in total. The van der Waals surface area contributed by atoms with Gasteiger partial charge in [0.05, 0.1) is 31.6 Å². The van der Waals surface area contributed by atoms with Crippen LogP contribution in [0, 0.1) is 17.8 Å². The summed E-state index contributed by atoms with van der Waals surface area (Å²) >= 11 is 0. The van der Waals surface area contributed by atoms with Gasteiger partial charge in [0.1, 0.15) is 0 Å². The predicted octanol–water partition coefficient (Wildman–Crippen LogP) is 0.987. The van der Waals surface area contributed by atoms with Crippen molar-refractivity contribution in [2.75, 3.05) is 26.3 Å². The highest BCUT2D eigenvalue weighted by Crippen LogP contribution is 2.52. The average molecular weight is 316 g/mol. The largest absolute Gasteiger partial charge is 0.459 e. The van der Waals surface area contributed by atoms with E-state index in [2.05, 4.69) is 0 Å². The molecular formula is C17H20N2O4. The first kappa shape index (κ1) is 13.6. The third kappa shape index (κ3) is 1.97. The first-order valence-corrected chi connectivity index (χ1v) is 8.46. The van der Waals surface area contributed by atoms with E-state index in [-0.39, 0.29) is 29.8 Å². The van der Waals surface area contributed by atoms with Crippen LogP contribution in [0.15, 0.2) is 22.8 Å². The first-order valence-electron chi connectivity index (χ1n) is 8.46. The number of likely N-dealkylation sites (tertiary alicyclic amines) is 1. The number of hydrogen-bond acceptors (Lipinski definition) is 4. The Morgan fingerprint density at radius 3 is 2.39 bits per heavy atom. The summed E-state index contributed by atoms with van der Waals surface area (Å²) in [7, 11) is 0. The summed E-state index contributed by atoms with van der Waals surface area (Å²) in [5.74, 6) is 1.72. The maximum absolute atomic E-state index is 12.7. The topological polar surface area (TPSA) is 63.0 Å². The number of rotatable bonds is 2. The SMILES string of the molecule is O=C(C1[C@H]2COC[C@@H]12)N1CC2CCC(C1)N2C(=O)c1ccco1. The molecule has 0 radical (unpaired) electrons. The van der Waals surface area contributed by atoms with Crippen LogP contribution in [0.3, 0.4) is 0 Å². The molecule has 0 aromatic carbocycles. The fourth-order valence-electron chi connectivity index (χ4n) is 4.76. The van der Waals surface area contributed by atoms with Crippen molar-refractivity contribution in [1.82, 2.24) is 9.80 Å². The molecule has 3 unspecified atom stereocenters. The molecule has 0 spiro atoms. The highest BCUT2D eigenvalue weighted by Gasteiger charge is 2.60. The minimum Gasteiger partial charge on any atom is -0.459 e. The van der Waals surface area contributed by atoms with E-state index in [0.29, 0.717) is 30.7 Å². The number of furan rings is 1. The van der Waals surface area contributed by atoms with Crippen LogP contribution in [0.1, 0.15) is 23.4 Å². The Hall–Kier alpha value is -1.82. The maximum Gasteiger partial charge on any atom is 0.290 e. The molecule has 3 saturated heterocycles. The standard InChI is InChI=1S/C17H20N2O4/c20-16(14-2-1-5-23-14)19-10-3-4-11(19)7-18(6-10)17(21)15-12-8-22-9-13(12)15/h1-2,5,10-13,15H,3-4,6-9H2/t10?,11?,12-,13+,15?. The highest BCUT2D eigenvalue weighted by atomic mass is 16.5. The average Bonchev–Trinajstić information content (AvgIpc) is 3.03. The Bertz CT molecular complexity index is 619. The molecular weight excluding hydrogens is 296 g/mol. The van der Waals surface area contributed by atoms with E-state index >= 15 is 0 Å². The molecule has 1 aliphatic carbocycles. The Morgan fingerprint density at radius 1 is 1.09 bits per heavy atom. The number of amides is 2. The molecule has 2 bridgehead atoms. The first-order chi connectivity index (χ1) is 11.2.